The van der Waals surface area contributed by atoms with Crippen LogP contribution in [0.15, 0.2) is 53.2 Å². The van der Waals surface area contributed by atoms with E-state index in [2.05, 4.69) is 15.1 Å². The van der Waals surface area contributed by atoms with E-state index in [-0.39, 0.29) is 0 Å². The third-order valence-corrected chi connectivity index (χ3v) is 2.66. The molecule has 0 radical (unpaired) electrons. The number of rotatable bonds is 3. The molecule has 0 amide bonds. The highest BCUT2D eigenvalue weighted by Gasteiger charge is 2.10. The number of hydrogen-bond acceptors (Lipinski definition) is 5. The third kappa shape index (κ3) is 2.30. The SMILES string of the molecule is COc1ccc(-c2noc(-c3ccccn3)n2)cc1. The predicted octanol–water partition coefficient (Wildman–Crippen LogP) is 2.81. The summed E-state index contributed by atoms with van der Waals surface area (Å²) in [5, 5.41) is 3.95. The highest BCUT2D eigenvalue weighted by molar-refractivity contribution is 5.58. The molecule has 0 aliphatic carbocycles. The summed E-state index contributed by atoms with van der Waals surface area (Å²) in [5.74, 6) is 1.73. The van der Waals surface area contributed by atoms with Crippen molar-refractivity contribution in [2.45, 2.75) is 0 Å². The summed E-state index contributed by atoms with van der Waals surface area (Å²) < 4.78 is 10.3. The van der Waals surface area contributed by atoms with E-state index in [9.17, 15) is 0 Å². The standard InChI is InChI=1S/C14H11N3O2/c1-18-11-7-5-10(6-8-11)13-16-14(19-17-13)12-4-2-3-9-15-12/h2-9H,1H3. The van der Waals surface area contributed by atoms with Gasteiger partial charge >= 0.3 is 0 Å². The Morgan fingerprint density at radius 3 is 2.58 bits per heavy atom. The number of nitrogens with zero attached hydrogens (tertiary/aromatic N) is 3. The maximum Gasteiger partial charge on any atom is 0.276 e. The Labute approximate surface area is 109 Å². The molecule has 0 N–H and O–H groups in total. The zero-order chi connectivity index (χ0) is 13.1. The van der Waals surface area contributed by atoms with Crippen LogP contribution >= 0.6 is 0 Å². The van der Waals surface area contributed by atoms with Gasteiger partial charge in [-0.05, 0) is 36.4 Å². The summed E-state index contributed by atoms with van der Waals surface area (Å²) >= 11 is 0. The second-order valence-corrected chi connectivity index (χ2v) is 3.87. The Bertz CT molecular complexity index is 663. The van der Waals surface area contributed by atoms with Crippen LogP contribution in [-0.4, -0.2) is 22.2 Å². The van der Waals surface area contributed by atoms with E-state index >= 15 is 0 Å². The van der Waals surface area contributed by atoms with Gasteiger partial charge < -0.3 is 9.26 Å². The van der Waals surface area contributed by atoms with Crippen LogP contribution in [0.5, 0.6) is 5.75 Å². The summed E-state index contributed by atoms with van der Waals surface area (Å²) in [6.45, 7) is 0. The molecule has 0 spiro atoms. The molecule has 0 aliphatic heterocycles. The Balaban J connectivity index is 1.92. The van der Waals surface area contributed by atoms with Gasteiger partial charge in [-0.25, -0.2) is 0 Å². The minimum atomic E-state index is 0.409. The van der Waals surface area contributed by atoms with Gasteiger partial charge in [0.25, 0.3) is 5.89 Å². The van der Waals surface area contributed by atoms with E-state index in [1.54, 1.807) is 13.3 Å². The predicted molar refractivity (Wildman–Crippen MR) is 69.5 cm³/mol. The molecule has 0 unspecified atom stereocenters. The van der Waals surface area contributed by atoms with Crippen molar-refractivity contribution in [3.8, 4) is 28.7 Å². The quantitative estimate of drug-likeness (QED) is 0.718. The maximum absolute atomic E-state index is 5.21. The third-order valence-electron chi connectivity index (χ3n) is 2.66. The van der Waals surface area contributed by atoms with E-state index in [1.165, 1.54) is 0 Å². The van der Waals surface area contributed by atoms with Crippen molar-refractivity contribution in [1.29, 1.82) is 0 Å². The molecule has 5 heteroatoms. The van der Waals surface area contributed by atoms with Crippen molar-refractivity contribution in [3.63, 3.8) is 0 Å². The maximum atomic E-state index is 5.21. The fraction of sp³-hybridized carbons (Fsp3) is 0.0714. The lowest BCUT2D eigenvalue weighted by molar-refractivity contribution is 0.414. The molecule has 2 aromatic heterocycles. The van der Waals surface area contributed by atoms with Crippen LogP contribution in [0.4, 0.5) is 0 Å². The van der Waals surface area contributed by atoms with Gasteiger partial charge in [-0.1, -0.05) is 11.2 Å². The first-order valence-corrected chi connectivity index (χ1v) is 5.76. The first kappa shape index (κ1) is 11.4. The summed E-state index contributed by atoms with van der Waals surface area (Å²) in [4.78, 5) is 8.49. The minimum absolute atomic E-state index is 0.409. The van der Waals surface area contributed by atoms with Crippen LogP contribution in [0.25, 0.3) is 23.0 Å². The number of benzene rings is 1. The van der Waals surface area contributed by atoms with E-state index in [0.717, 1.165) is 11.3 Å². The van der Waals surface area contributed by atoms with Gasteiger partial charge in [0.1, 0.15) is 11.4 Å². The number of hydrogen-bond donors (Lipinski definition) is 0. The zero-order valence-corrected chi connectivity index (χ0v) is 10.3. The molecular formula is C14H11N3O2. The summed E-state index contributed by atoms with van der Waals surface area (Å²) in [5.41, 5.74) is 1.53. The van der Waals surface area contributed by atoms with Crippen LogP contribution in [-0.2, 0) is 0 Å². The van der Waals surface area contributed by atoms with Gasteiger partial charge in [-0.3, -0.25) is 4.98 Å². The monoisotopic (exact) mass is 253 g/mol. The van der Waals surface area contributed by atoms with E-state index < -0.39 is 0 Å². The van der Waals surface area contributed by atoms with Crippen LogP contribution < -0.4 is 4.74 Å². The normalized spacial score (nSPS) is 10.4. The number of methoxy groups -OCH3 is 1. The van der Waals surface area contributed by atoms with Crippen molar-refractivity contribution in [3.05, 3.63) is 48.7 Å². The Morgan fingerprint density at radius 2 is 1.89 bits per heavy atom. The van der Waals surface area contributed by atoms with Crippen molar-refractivity contribution >= 4 is 0 Å². The molecule has 0 saturated heterocycles. The minimum Gasteiger partial charge on any atom is -0.497 e. The Hall–Kier alpha value is -2.69. The average molecular weight is 253 g/mol. The second-order valence-electron chi connectivity index (χ2n) is 3.87. The molecule has 3 rings (SSSR count). The van der Waals surface area contributed by atoms with Gasteiger partial charge in [-0.15, -0.1) is 0 Å². The number of pyridine rings is 1. The Morgan fingerprint density at radius 1 is 1.05 bits per heavy atom. The lowest BCUT2D eigenvalue weighted by Crippen LogP contribution is -1.85. The average Bonchev–Trinajstić information content (AvgIpc) is 2.98. The number of ether oxygens (including phenoxy) is 1. The van der Waals surface area contributed by atoms with E-state index in [0.29, 0.717) is 17.4 Å². The fourth-order valence-corrected chi connectivity index (χ4v) is 1.67. The first-order valence-electron chi connectivity index (χ1n) is 5.76. The lowest BCUT2D eigenvalue weighted by atomic mass is 10.2. The second kappa shape index (κ2) is 4.89. The lowest BCUT2D eigenvalue weighted by Gasteiger charge is -1.98. The molecule has 3 aromatic rings. The van der Waals surface area contributed by atoms with Gasteiger partial charge in [0.05, 0.1) is 7.11 Å². The van der Waals surface area contributed by atoms with E-state index in [4.69, 9.17) is 9.26 Å². The van der Waals surface area contributed by atoms with Crippen LogP contribution in [0.3, 0.4) is 0 Å². The molecule has 5 nitrogen and oxygen atoms in total. The van der Waals surface area contributed by atoms with Crippen molar-refractivity contribution in [1.82, 2.24) is 15.1 Å². The molecule has 0 saturated carbocycles. The van der Waals surface area contributed by atoms with Crippen molar-refractivity contribution in [2.24, 2.45) is 0 Å². The molecule has 1 aromatic carbocycles. The highest BCUT2D eigenvalue weighted by atomic mass is 16.5. The van der Waals surface area contributed by atoms with E-state index in [1.807, 2.05) is 42.5 Å². The van der Waals surface area contributed by atoms with Gasteiger partial charge in [0, 0.05) is 11.8 Å². The zero-order valence-electron chi connectivity index (χ0n) is 10.3. The van der Waals surface area contributed by atoms with Crippen LogP contribution in [0.2, 0.25) is 0 Å². The van der Waals surface area contributed by atoms with Crippen LogP contribution in [0.1, 0.15) is 0 Å². The topological polar surface area (TPSA) is 61.0 Å². The molecule has 0 fully saturated rings. The first-order chi connectivity index (χ1) is 9.36. The molecular weight excluding hydrogens is 242 g/mol. The molecule has 94 valence electrons. The van der Waals surface area contributed by atoms with Gasteiger partial charge in [-0.2, -0.15) is 4.98 Å². The molecule has 0 bridgehead atoms. The largest absolute Gasteiger partial charge is 0.497 e. The molecule has 2 heterocycles. The van der Waals surface area contributed by atoms with Crippen molar-refractivity contribution in [2.75, 3.05) is 7.11 Å². The summed E-state index contributed by atoms with van der Waals surface area (Å²) in [6, 6.07) is 13.0. The van der Waals surface area contributed by atoms with Gasteiger partial charge in [0.2, 0.25) is 5.82 Å². The summed E-state index contributed by atoms with van der Waals surface area (Å²) in [6.07, 6.45) is 1.69. The smallest absolute Gasteiger partial charge is 0.276 e. The number of aromatic nitrogens is 3. The molecule has 0 aliphatic rings. The van der Waals surface area contributed by atoms with Gasteiger partial charge in [0.15, 0.2) is 0 Å². The molecule has 19 heavy (non-hydrogen) atoms. The van der Waals surface area contributed by atoms with Crippen molar-refractivity contribution < 1.29 is 9.26 Å². The molecule has 0 atom stereocenters. The van der Waals surface area contributed by atoms with Crippen LogP contribution in [0, 0.1) is 0 Å². The highest BCUT2D eigenvalue weighted by Crippen LogP contribution is 2.22. The summed E-state index contributed by atoms with van der Waals surface area (Å²) in [7, 11) is 1.63. The Kier molecular flexibility index (Phi) is 2.94. The fourth-order valence-electron chi connectivity index (χ4n) is 1.67.